The summed E-state index contributed by atoms with van der Waals surface area (Å²) < 4.78 is 0. The summed E-state index contributed by atoms with van der Waals surface area (Å²) >= 11 is 0.787. The number of aliphatic hydroxyl groups is 1. The highest BCUT2D eigenvalue weighted by Crippen LogP contribution is 2.24. The number of thioether (sulfide) groups is 1. The molecule has 3 heterocycles. The maximum Gasteiger partial charge on any atom is 0.305 e. The second-order valence-electron chi connectivity index (χ2n) is 30.7. The molecule has 27 N–H and O–H groups in total. The summed E-state index contributed by atoms with van der Waals surface area (Å²) in [6, 6.07) is 7.23. The van der Waals surface area contributed by atoms with E-state index in [2.05, 4.69) is 84.4 Å². The van der Waals surface area contributed by atoms with Gasteiger partial charge in [-0.2, -0.15) is 0 Å². The fraction of sp³-hybridized carbons (Fsp3) is 0.482. The number of carboxylic acid groups (broad SMARTS) is 1. The summed E-state index contributed by atoms with van der Waals surface area (Å²) in [7, 11) is 0. The lowest BCUT2D eigenvalue weighted by Gasteiger charge is -2.29. The minimum atomic E-state index is -2.02. The smallest absolute Gasteiger partial charge is 0.305 e. The van der Waals surface area contributed by atoms with E-state index >= 15 is 19.2 Å². The number of carboxylic acids is 1. The number of unbranched alkanes of at least 4 members (excludes halogenated alkanes) is 2. The third-order valence-corrected chi connectivity index (χ3v) is 21.9. The summed E-state index contributed by atoms with van der Waals surface area (Å²) in [5.74, 6) is -19.5. The van der Waals surface area contributed by atoms with Gasteiger partial charge in [-0.1, -0.05) is 133 Å². The van der Waals surface area contributed by atoms with Crippen LogP contribution in [0.25, 0.3) is 32.6 Å². The van der Waals surface area contributed by atoms with Gasteiger partial charge in [0.25, 0.3) is 0 Å². The number of carbonyl (C=O) groups excluding carboxylic acids is 15. The molecular formula is C83H115N21O18S. The summed E-state index contributed by atoms with van der Waals surface area (Å²) in [5, 5.41) is 67.5. The van der Waals surface area contributed by atoms with E-state index in [4.69, 9.17) is 28.3 Å². The van der Waals surface area contributed by atoms with Gasteiger partial charge in [0.1, 0.15) is 72.5 Å². The molecular weight excluding hydrogens is 1610 g/mol. The van der Waals surface area contributed by atoms with Crippen LogP contribution < -0.4 is 97.4 Å². The van der Waals surface area contributed by atoms with Gasteiger partial charge < -0.3 is 118 Å². The monoisotopic (exact) mass is 1730 g/mol. The van der Waals surface area contributed by atoms with Crippen LogP contribution in [0.3, 0.4) is 0 Å². The molecule has 0 bridgehead atoms. The largest absolute Gasteiger partial charge is 0.481 e. The number of aliphatic carboxylic acids is 1. The second-order valence-corrected chi connectivity index (χ2v) is 31.7. The van der Waals surface area contributed by atoms with Gasteiger partial charge in [-0.05, 0) is 103 Å². The molecule has 0 unspecified atom stereocenters. The molecule has 4 aromatic carbocycles. The number of nitrogens with one attached hydrogen (secondary N) is 17. The number of fused-ring (bicyclic) bond motifs is 3. The van der Waals surface area contributed by atoms with Gasteiger partial charge in [0.05, 0.1) is 25.3 Å². The fourth-order valence-electron chi connectivity index (χ4n) is 13.8. The van der Waals surface area contributed by atoms with E-state index in [1.165, 1.54) is 0 Å². The zero-order chi connectivity index (χ0) is 90.0. The number of hydrogen-bond donors (Lipinski definition) is 23. The average molecular weight is 1730 g/mol. The highest BCUT2D eigenvalue weighted by atomic mass is 32.2. The standard InChI is InChI=1S/C83H115N21O18S/c1-6-8-22-56-74(114)95-57(25-15-16-31-84)75(115)98-61(36-50-39-91-54-24-14-12-21-52(50)54)80(120)103-69(44(3)4)81(121)102-64(71(86)111)42-123-43-67(108)94-58(29-30-65(85)106)76(116)97-59(34-46-27-28-47-18-9-10-19-48(47)33-46)79(119)104-70(45(5)7-2)82(122)101-63(41-105)72(112)92-40-66(107)93-55(26-17-32-89-83(87)88)73(113)100-62(37-68(109)110)78(118)99-60(77(117)96-56)35-49-38-90-53-23-13-11-20-51(49)53/h9-14,18-21,23-24,27-28,33,38-39,44-45,55-64,69-70,90-91,105H,6-8,15-17,22,25-26,29-32,34-37,40-43,84H2,1-5H3,(H2,85,106)(H2,86,111)(H,92,112)(H,93,107)(H,94,108)(H,95,114)(H,96,117)(H,97,116)(H,98,115)(H,99,118)(H,100,113)(H,101,122)(H,102,121)(H,103,120)(H,104,119)(H,109,110)(H4,87,88,89)/t45-,55-,56-,57+,58-,59-,60-,61-,62-,63-,64-,69-,70+/m0/s1. The van der Waals surface area contributed by atoms with Gasteiger partial charge in [0.15, 0.2) is 5.96 Å². The molecule has 0 radical (unpaired) electrons. The highest BCUT2D eigenvalue weighted by molar-refractivity contribution is 8.00. The van der Waals surface area contributed by atoms with Gasteiger partial charge in [-0.25, -0.2) is 0 Å². The van der Waals surface area contributed by atoms with Crippen LogP contribution in [0.1, 0.15) is 128 Å². The first kappa shape index (κ1) is 97.4. The second kappa shape index (κ2) is 48.7. The van der Waals surface area contributed by atoms with Crippen LogP contribution in [0.5, 0.6) is 0 Å². The van der Waals surface area contributed by atoms with Crippen molar-refractivity contribution in [1.29, 1.82) is 5.41 Å². The predicted molar refractivity (Wildman–Crippen MR) is 458 cm³/mol. The number of benzene rings is 4. The van der Waals surface area contributed by atoms with Crippen molar-refractivity contribution >= 4 is 145 Å². The fourth-order valence-corrected chi connectivity index (χ4v) is 14.6. The Labute approximate surface area is 714 Å². The number of aromatic nitrogens is 2. The Bertz CT molecular complexity index is 4750. The third kappa shape index (κ3) is 30.4. The van der Waals surface area contributed by atoms with Crippen LogP contribution in [0.15, 0.2) is 103 Å². The van der Waals surface area contributed by atoms with Gasteiger partial charge >= 0.3 is 5.97 Å². The summed E-state index contributed by atoms with van der Waals surface area (Å²) in [6.07, 6.45) is 1.53. The molecule has 1 aliphatic rings. The van der Waals surface area contributed by atoms with Crippen LogP contribution in [0.4, 0.5) is 0 Å². The van der Waals surface area contributed by atoms with Crippen LogP contribution >= 0.6 is 11.8 Å². The Morgan fingerprint density at radius 1 is 0.504 bits per heavy atom. The Hall–Kier alpha value is -12.7. The molecule has 39 nitrogen and oxygen atoms in total. The third-order valence-electron chi connectivity index (χ3n) is 20.8. The molecule has 666 valence electrons. The van der Waals surface area contributed by atoms with E-state index in [1.807, 2.05) is 25.1 Å². The molecule has 6 aromatic rings. The van der Waals surface area contributed by atoms with Crippen molar-refractivity contribution in [2.75, 3.05) is 37.7 Å². The van der Waals surface area contributed by atoms with Crippen molar-refractivity contribution in [3.05, 3.63) is 120 Å². The van der Waals surface area contributed by atoms with Gasteiger partial charge in [0.2, 0.25) is 88.6 Å². The maximum absolute atomic E-state index is 15.2. The maximum atomic E-state index is 15.2. The summed E-state index contributed by atoms with van der Waals surface area (Å²) in [5.41, 5.74) is 25.7. The van der Waals surface area contributed by atoms with E-state index in [0.29, 0.717) is 57.8 Å². The van der Waals surface area contributed by atoms with E-state index in [1.54, 1.807) is 113 Å². The van der Waals surface area contributed by atoms with Crippen LogP contribution in [-0.2, 0) is 96.0 Å². The minimum absolute atomic E-state index is 0.0252. The van der Waals surface area contributed by atoms with Crippen molar-refractivity contribution < 1.29 is 86.9 Å². The van der Waals surface area contributed by atoms with Gasteiger partial charge in [0, 0.05) is 72.2 Å². The molecule has 0 spiro atoms. The molecule has 0 saturated carbocycles. The number of rotatable bonds is 27. The van der Waals surface area contributed by atoms with Gasteiger partial charge in [-0.15, -0.1) is 11.8 Å². The average Bonchev–Trinajstić information content (AvgIpc) is 1.75. The normalized spacial score (nSPS) is 22.9. The molecule has 2 aromatic heterocycles. The minimum Gasteiger partial charge on any atom is -0.481 e. The number of amides is 15. The zero-order valence-electron chi connectivity index (χ0n) is 69.4. The number of H-pyrrole nitrogens is 2. The summed E-state index contributed by atoms with van der Waals surface area (Å²) in [4.78, 5) is 235. The molecule has 13 atom stereocenters. The number of aliphatic hydroxyl groups excluding tert-OH is 1. The van der Waals surface area contributed by atoms with Crippen LogP contribution in [-0.4, -0.2) is 231 Å². The lowest BCUT2D eigenvalue weighted by Crippen LogP contribution is -2.61. The topological polar surface area (TPSA) is 642 Å². The lowest BCUT2D eigenvalue weighted by molar-refractivity contribution is -0.141. The van der Waals surface area contributed by atoms with Crippen molar-refractivity contribution in [3.63, 3.8) is 0 Å². The van der Waals surface area contributed by atoms with Crippen molar-refractivity contribution in [3.8, 4) is 0 Å². The number of carbonyl (C=O) groups is 16. The molecule has 1 aliphatic heterocycles. The van der Waals surface area contributed by atoms with E-state index in [0.717, 1.165) is 22.5 Å². The number of hydrogen-bond acceptors (Lipinski definition) is 20. The predicted octanol–water partition coefficient (Wildman–Crippen LogP) is -1.99. The Morgan fingerprint density at radius 2 is 0.976 bits per heavy atom. The van der Waals surface area contributed by atoms with Crippen LogP contribution in [0.2, 0.25) is 0 Å². The Kier molecular flexibility index (Phi) is 38.5. The van der Waals surface area contributed by atoms with Crippen molar-refractivity contribution in [1.82, 2.24) is 84.4 Å². The molecule has 15 amide bonds. The Balaban J connectivity index is 1.28. The highest BCUT2D eigenvalue weighted by Gasteiger charge is 2.39. The quantitative estimate of drug-likeness (QED) is 0.0151. The van der Waals surface area contributed by atoms with E-state index < -0.39 is 223 Å². The zero-order valence-corrected chi connectivity index (χ0v) is 70.2. The van der Waals surface area contributed by atoms with E-state index in [9.17, 15) is 67.7 Å². The first-order valence-corrected chi connectivity index (χ1v) is 42.1. The number of aromatic amines is 2. The molecule has 1 saturated heterocycles. The summed E-state index contributed by atoms with van der Waals surface area (Å²) in [6.45, 7) is 6.32. The Morgan fingerprint density at radius 3 is 1.51 bits per heavy atom. The number of para-hydroxylation sites is 2. The van der Waals surface area contributed by atoms with Crippen molar-refractivity contribution in [2.24, 2.45) is 34.8 Å². The van der Waals surface area contributed by atoms with Crippen molar-refractivity contribution in [2.45, 2.75) is 203 Å². The number of primary amides is 2. The molecule has 40 heteroatoms. The first-order valence-electron chi connectivity index (χ1n) is 40.9. The van der Waals surface area contributed by atoms with Gasteiger partial charge in [-0.3, -0.25) is 82.1 Å². The van der Waals surface area contributed by atoms with E-state index in [-0.39, 0.29) is 76.6 Å². The SMILES string of the molecule is CCCC[C@@H]1NC(=O)[C@H](Cc2c[nH]c3ccccc23)NC(=O)[C@H](CC(=O)O)NC(=O)[C@H](CCCNC(=N)N)NC(=O)CNC(=O)[C@H](CO)NC(=O)[C@@H]([C@@H](C)CC)NC(=O)[C@H](Cc2ccc3ccccc3c2)NC(=O)[C@H](CCC(N)=O)NC(=O)CSC[C@@H](C(N)=O)NC(=O)[C@H](C(C)C)NC(=O)[C@H](Cc2c[nH]c3ccccc23)NC(=O)[C@@H](CCCCN)NC1=O. The van der Waals surface area contributed by atoms with Crippen LogP contribution in [0, 0.1) is 17.2 Å². The first-order chi connectivity index (χ1) is 58.7. The molecule has 0 aliphatic carbocycles. The lowest BCUT2D eigenvalue weighted by atomic mass is 9.96. The number of nitrogens with two attached hydrogens (primary N) is 4. The molecule has 7 rings (SSSR count). The number of guanidine groups is 1. The molecule has 123 heavy (non-hydrogen) atoms. The molecule has 1 fully saturated rings.